The highest BCUT2D eigenvalue weighted by molar-refractivity contribution is 5.85. The van der Waals surface area contributed by atoms with Crippen LogP contribution in [0.25, 0.3) is 27.9 Å². The summed E-state index contributed by atoms with van der Waals surface area (Å²) in [4.78, 5) is 4.63. The first-order chi connectivity index (χ1) is 9.75. The molecule has 0 aliphatic heterocycles. The Morgan fingerprint density at radius 3 is 2.45 bits per heavy atom. The fourth-order valence-electron chi connectivity index (χ4n) is 2.68. The van der Waals surface area contributed by atoms with E-state index in [0.29, 0.717) is 5.95 Å². The summed E-state index contributed by atoms with van der Waals surface area (Å²) < 4.78 is 3.76. The van der Waals surface area contributed by atoms with Crippen molar-refractivity contribution in [2.75, 3.05) is 0 Å². The number of nitrogens with zero attached hydrogens (tertiary/aromatic N) is 3. The van der Waals surface area contributed by atoms with Crippen LogP contribution < -0.4 is 0 Å². The van der Waals surface area contributed by atoms with E-state index in [9.17, 15) is 5.11 Å². The maximum atomic E-state index is 10.2. The molecule has 2 aromatic heterocycles. The SMILES string of the molecule is Cn1c(-n2c(O)cc3ccccc32)nc2ccccc21. The van der Waals surface area contributed by atoms with E-state index in [2.05, 4.69) is 4.98 Å². The number of benzene rings is 2. The zero-order valence-corrected chi connectivity index (χ0v) is 11.0. The number of aromatic nitrogens is 3. The van der Waals surface area contributed by atoms with Gasteiger partial charge in [-0.05, 0) is 18.2 Å². The van der Waals surface area contributed by atoms with Gasteiger partial charge in [0.1, 0.15) is 0 Å². The Morgan fingerprint density at radius 2 is 1.65 bits per heavy atom. The maximum Gasteiger partial charge on any atom is 0.217 e. The zero-order valence-electron chi connectivity index (χ0n) is 11.0. The molecule has 0 amide bonds. The summed E-state index contributed by atoms with van der Waals surface area (Å²) in [6.45, 7) is 0. The van der Waals surface area contributed by atoms with Gasteiger partial charge in [0.2, 0.25) is 5.95 Å². The predicted molar refractivity (Wildman–Crippen MR) is 79.2 cm³/mol. The second-order valence-corrected chi connectivity index (χ2v) is 4.86. The molecule has 0 radical (unpaired) electrons. The number of aromatic hydroxyl groups is 1. The minimum absolute atomic E-state index is 0.199. The van der Waals surface area contributed by atoms with E-state index in [1.165, 1.54) is 0 Å². The molecule has 0 fully saturated rings. The lowest BCUT2D eigenvalue weighted by atomic mass is 10.2. The largest absolute Gasteiger partial charge is 0.494 e. The van der Waals surface area contributed by atoms with Crippen LogP contribution in [0.15, 0.2) is 54.6 Å². The van der Waals surface area contributed by atoms with E-state index in [0.717, 1.165) is 21.9 Å². The fourth-order valence-corrected chi connectivity index (χ4v) is 2.68. The van der Waals surface area contributed by atoms with Crippen molar-refractivity contribution in [1.29, 1.82) is 0 Å². The van der Waals surface area contributed by atoms with E-state index in [4.69, 9.17) is 0 Å². The number of para-hydroxylation sites is 3. The Hall–Kier alpha value is -2.75. The molecule has 4 aromatic rings. The zero-order chi connectivity index (χ0) is 13.7. The Kier molecular flexibility index (Phi) is 2.15. The van der Waals surface area contributed by atoms with E-state index in [1.54, 1.807) is 10.6 Å². The summed E-state index contributed by atoms with van der Waals surface area (Å²) in [6.07, 6.45) is 0. The van der Waals surface area contributed by atoms with E-state index >= 15 is 0 Å². The highest BCUT2D eigenvalue weighted by Crippen LogP contribution is 2.29. The third-order valence-electron chi connectivity index (χ3n) is 3.65. The van der Waals surface area contributed by atoms with Crippen LogP contribution in [0.2, 0.25) is 0 Å². The molecule has 0 saturated carbocycles. The molecule has 0 saturated heterocycles. The number of aryl methyl sites for hydroxylation is 1. The van der Waals surface area contributed by atoms with Gasteiger partial charge in [0, 0.05) is 18.5 Å². The van der Waals surface area contributed by atoms with Crippen molar-refractivity contribution in [3.05, 3.63) is 54.6 Å². The highest BCUT2D eigenvalue weighted by atomic mass is 16.3. The van der Waals surface area contributed by atoms with Crippen molar-refractivity contribution in [2.45, 2.75) is 0 Å². The average Bonchev–Trinajstić information content (AvgIpc) is 2.96. The van der Waals surface area contributed by atoms with Crippen LogP contribution in [0.4, 0.5) is 0 Å². The Morgan fingerprint density at radius 1 is 0.950 bits per heavy atom. The summed E-state index contributed by atoms with van der Waals surface area (Å²) >= 11 is 0. The number of fused-ring (bicyclic) bond motifs is 2. The molecule has 4 nitrogen and oxygen atoms in total. The van der Waals surface area contributed by atoms with Crippen molar-refractivity contribution >= 4 is 21.9 Å². The number of rotatable bonds is 1. The van der Waals surface area contributed by atoms with Crippen molar-refractivity contribution in [1.82, 2.24) is 14.1 Å². The van der Waals surface area contributed by atoms with Crippen molar-refractivity contribution in [3.63, 3.8) is 0 Å². The Labute approximate surface area is 115 Å². The van der Waals surface area contributed by atoms with Crippen LogP contribution in [-0.4, -0.2) is 19.2 Å². The van der Waals surface area contributed by atoms with E-state index < -0.39 is 0 Å². The molecule has 0 atom stereocenters. The standard InChI is InChI=1S/C16H13N3O/c1-18-14-9-5-3-7-12(14)17-16(18)19-13-8-4-2-6-11(13)10-15(19)20/h2-10,20H,1H3. The molecule has 4 heteroatoms. The molecule has 2 aromatic carbocycles. The molecule has 98 valence electrons. The predicted octanol–water partition coefficient (Wildman–Crippen LogP) is 3.22. The summed E-state index contributed by atoms with van der Waals surface area (Å²) in [5, 5.41) is 11.2. The van der Waals surface area contributed by atoms with Crippen LogP contribution in [0, 0.1) is 0 Å². The van der Waals surface area contributed by atoms with Crippen molar-refractivity contribution in [2.24, 2.45) is 7.05 Å². The molecular weight excluding hydrogens is 250 g/mol. The molecule has 20 heavy (non-hydrogen) atoms. The third kappa shape index (κ3) is 1.39. The topological polar surface area (TPSA) is 43.0 Å². The molecule has 1 N–H and O–H groups in total. The minimum atomic E-state index is 0.199. The van der Waals surface area contributed by atoms with Crippen LogP contribution in [0.3, 0.4) is 0 Å². The lowest BCUT2D eigenvalue weighted by molar-refractivity contribution is 0.441. The minimum Gasteiger partial charge on any atom is -0.494 e. The smallest absolute Gasteiger partial charge is 0.217 e. The third-order valence-corrected chi connectivity index (χ3v) is 3.65. The lowest BCUT2D eigenvalue weighted by Gasteiger charge is -2.06. The monoisotopic (exact) mass is 263 g/mol. The number of imidazole rings is 1. The van der Waals surface area contributed by atoms with Gasteiger partial charge in [0.25, 0.3) is 0 Å². The number of hydrogen-bond donors (Lipinski definition) is 1. The summed E-state index contributed by atoms with van der Waals surface area (Å²) in [7, 11) is 1.96. The van der Waals surface area contributed by atoms with E-state index in [-0.39, 0.29) is 5.88 Å². The van der Waals surface area contributed by atoms with Crippen LogP contribution in [0.5, 0.6) is 5.88 Å². The van der Waals surface area contributed by atoms with Crippen molar-refractivity contribution in [3.8, 4) is 11.8 Å². The fraction of sp³-hybridized carbons (Fsp3) is 0.0625. The summed E-state index contributed by atoms with van der Waals surface area (Å²) in [5.41, 5.74) is 2.91. The van der Waals surface area contributed by atoms with Gasteiger partial charge in [-0.2, -0.15) is 0 Å². The number of hydrogen-bond acceptors (Lipinski definition) is 2. The van der Waals surface area contributed by atoms with Crippen molar-refractivity contribution < 1.29 is 5.11 Å². The van der Waals surface area contributed by atoms with Gasteiger partial charge in [-0.1, -0.05) is 30.3 Å². The molecule has 0 unspecified atom stereocenters. The molecule has 0 aliphatic rings. The van der Waals surface area contributed by atoms with Gasteiger partial charge in [0.05, 0.1) is 16.6 Å². The summed E-state index contributed by atoms with van der Waals surface area (Å²) in [5.74, 6) is 0.912. The molecule has 0 aliphatic carbocycles. The average molecular weight is 263 g/mol. The lowest BCUT2D eigenvalue weighted by Crippen LogP contribution is -2.02. The maximum absolute atomic E-state index is 10.2. The molecular formula is C16H13N3O. The first-order valence-corrected chi connectivity index (χ1v) is 6.47. The van der Waals surface area contributed by atoms with Gasteiger partial charge in [-0.3, -0.25) is 0 Å². The Bertz CT molecular complexity index is 933. The van der Waals surface area contributed by atoms with Gasteiger partial charge >= 0.3 is 0 Å². The quantitative estimate of drug-likeness (QED) is 0.573. The van der Waals surface area contributed by atoms with Gasteiger partial charge in [-0.25, -0.2) is 9.55 Å². The first kappa shape index (κ1) is 11.1. The van der Waals surface area contributed by atoms with Gasteiger partial charge in [0.15, 0.2) is 5.88 Å². The molecule has 2 heterocycles. The summed E-state index contributed by atoms with van der Waals surface area (Å²) in [6, 6.07) is 17.6. The Balaban J connectivity index is 2.11. The second kappa shape index (κ2) is 3.87. The molecule has 4 rings (SSSR count). The first-order valence-electron chi connectivity index (χ1n) is 6.47. The van der Waals surface area contributed by atoms with Crippen LogP contribution >= 0.6 is 0 Å². The van der Waals surface area contributed by atoms with Gasteiger partial charge in [-0.15, -0.1) is 0 Å². The second-order valence-electron chi connectivity index (χ2n) is 4.86. The van der Waals surface area contributed by atoms with Crippen LogP contribution in [-0.2, 0) is 7.05 Å². The van der Waals surface area contributed by atoms with E-state index in [1.807, 2.05) is 60.1 Å². The molecule has 0 bridgehead atoms. The van der Waals surface area contributed by atoms with Crippen LogP contribution in [0.1, 0.15) is 0 Å². The molecule has 0 spiro atoms. The highest BCUT2D eigenvalue weighted by Gasteiger charge is 2.15. The normalized spacial score (nSPS) is 11.4. The van der Waals surface area contributed by atoms with Gasteiger partial charge < -0.3 is 9.67 Å².